The molecule has 2 N–H and O–H groups in total. The molecule has 12 nitrogen and oxygen atoms in total. The van der Waals surface area contributed by atoms with Crippen molar-refractivity contribution in [1.82, 2.24) is 19.7 Å². The number of hydrogen-bond donors (Lipinski definition) is 2. The van der Waals surface area contributed by atoms with Crippen LogP contribution in [0.2, 0.25) is 5.02 Å². The highest BCUT2D eigenvalue weighted by Gasteiger charge is 2.41. The topological polar surface area (TPSA) is 134 Å². The average molecular weight is 824 g/mol. The number of nitrogens with zero attached hydrogens (tertiary/aromatic N) is 4. The van der Waals surface area contributed by atoms with Crippen LogP contribution in [0.15, 0.2) is 35.7 Å². The Kier molecular flexibility index (Phi) is 15.6. The molecule has 0 unspecified atom stereocenters. The van der Waals surface area contributed by atoms with Gasteiger partial charge in [0.05, 0.1) is 43.4 Å². The summed E-state index contributed by atoms with van der Waals surface area (Å²) in [6.45, 7) is 10.5. The number of benzene rings is 2. The molecule has 0 bridgehead atoms. The number of morpholine rings is 1. The smallest absolute Gasteiger partial charge is 0.273 e. The van der Waals surface area contributed by atoms with Crippen LogP contribution in [-0.2, 0) is 44.9 Å². The molecule has 3 amide bonds. The fourth-order valence-electron chi connectivity index (χ4n) is 7.91. The number of rotatable bonds is 19. The van der Waals surface area contributed by atoms with Crippen LogP contribution < -0.4 is 10.1 Å². The Morgan fingerprint density at radius 1 is 1.02 bits per heavy atom. The molecular formula is C43H58ClN5O7S. The molecule has 57 heavy (non-hydrogen) atoms. The minimum Gasteiger partial charge on any atom is -0.506 e. The number of halogens is 1. The summed E-state index contributed by atoms with van der Waals surface area (Å²) in [5.41, 5.74) is 3.67. The summed E-state index contributed by atoms with van der Waals surface area (Å²) in [6, 6.07) is 9.60. The van der Waals surface area contributed by atoms with Crippen LogP contribution in [0.1, 0.15) is 97.4 Å². The zero-order valence-corrected chi connectivity index (χ0v) is 35.1. The molecule has 14 heteroatoms. The number of phenolic OH excluding ortho intramolecular Hbond substituents is 1. The minimum atomic E-state index is -0.321. The van der Waals surface area contributed by atoms with E-state index in [4.69, 9.17) is 25.8 Å². The van der Waals surface area contributed by atoms with Gasteiger partial charge in [-0.15, -0.1) is 11.3 Å². The van der Waals surface area contributed by atoms with E-state index >= 15 is 0 Å². The van der Waals surface area contributed by atoms with Gasteiger partial charge in [0, 0.05) is 49.7 Å². The lowest BCUT2D eigenvalue weighted by Gasteiger charge is -2.47. The number of carbonyl (C=O) groups excluding carboxylic acids is 3. The number of nitrogens with one attached hydrogen (secondary N) is 1. The van der Waals surface area contributed by atoms with Gasteiger partial charge in [-0.1, -0.05) is 55.6 Å². The Morgan fingerprint density at radius 3 is 2.65 bits per heavy atom. The lowest BCUT2D eigenvalue weighted by Crippen LogP contribution is -2.58. The maximum Gasteiger partial charge on any atom is 0.273 e. The summed E-state index contributed by atoms with van der Waals surface area (Å²) < 4.78 is 17.9. The third-order valence-electron chi connectivity index (χ3n) is 11.3. The summed E-state index contributed by atoms with van der Waals surface area (Å²) in [5, 5.41) is 16.5. The molecule has 310 valence electrons. The third kappa shape index (κ3) is 11.5. The first kappa shape index (κ1) is 42.8. The molecule has 1 aromatic heterocycles. The fourth-order valence-corrected chi connectivity index (χ4v) is 9.00. The van der Waals surface area contributed by atoms with E-state index in [0.717, 1.165) is 104 Å². The molecule has 6 rings (SSSR count). The van der Waals surface area contributed by atoms with Gasteiger partial charge in [0.1, 0.15) is 17.1 Å². The van der Waals surface area contributed by atoms with Crippen molar-refractivity contribution in [3.63, 3.8) is 0 Å². The maximum atomic E-state index is 13.3. The van der Waals surface area contributed by atoms with Gasteiger partial charge < -0.3 is 34.4 Å². The van der Waals surface area contributed by atoms with Gasteiger partial charge in [-0.05, 0) is 81.0 Å². The fraction of sp³-hybridized carbons (Fsp3) is 0.581. The van der Waals surface area contributed by atoms with Crippen LogP contribution in [0.25, 0.3) is 0 Å². The van der Waals surface area contributed by atoms with Crippen molar-refractivity contribution >= 4 is 46.3 Å². The summed E-state index contributed by atoms with van der Waals surface area (Å²) in [5.74, 6) is 0.375. The van der Waals surface area contributed by atoms with Crippen LogP contribution in [0, 0.1) is 0 Å². The van der Waals surface area contributed by atoms with Gasteiger partial charge in [-0.25, -0.2) is 4.98 Å². The highest BCUT2D eigenvalue weighted by atomic mass is 35.5. The van der Waals surface area contributed by atoms with E-state index in [9.17, 15) is 19.5 Å². The Morgan fingerprint density at radius 2 is 1.84 bits per heavy atom. The van der Waals surface area contributed by atoms with Crippen molar-refractivity contribution in [3.8, 4) is 11.5 Å². The normalized spacial score (nSPS) is 16.6. The number of piperidine rings is 1. The molecule has 0 aliphatic carbocycles. The van der Waals surface area contributed by atoms with Gasteiger partial charge in [0.25, 0.3) is 11.8 Å². The predicted molar refractivity (Wildman–Crippen MR) is 222 cm³/mol. The van der Waals surface area contributed by atoms with Crippen LogP contribution in [0.4, 0.5) is 5.69 Å². The number of thiazole rings is 1. The van der Waals surface area contributed by atoms with Crippen molar-refractivity contribution in [2.24, 2.45) is 0 Å². The monoisotopic (exact) mass is 823 g/mol. The second-order valence-electron chi connectivity index (χ2n) is 15.3. The maximum absolute atomic E-state index is 13.3. The number of aryl methyl sites for hydroxylation is 2. The number of aromatic hydroxyl groups is 1. The van der Waals surface area contributed by atoms with Crippen molar-refractivity contribution in [1.29, 1.82) is 0 Å². The van der Waals surface area contributed by atoms with E-state index in [1.807, 2.05) is 34.2 Å². The van der Waals surface area contributed by atoms with Gasteiger partial charge >= 0.3 is 0 Å². The largest absolute Gasteiger partial charge is 0.506 e. The number of unbranched alkanes of at least 4 members (excludes halogenated alkanes) is 3. The SMILES string of the molecule is CCCCc1nc(C(=O)N2CCOC3(CCN(Cc4cccc(CCOCCC(=O)N(CC)CCCCCc5ccc(O)c6c5OCC(=O)N6)c4Cl)CC3)C2)cs1. The Balaban J connectivity index is 0.870. The third-order valence-corrected chi connectivity index (χ3v) is 12.7. The summed E-state index contributed by atoms with van der Waals surface area (Å²) in [6.07, 6.45) is 9.32. The molecule has 2 fully saturated rings. The van der Waals surface area contributed by atoms with E-state index in [2.05, 4.69) is 34.3 Å². The van der Waals surface area contributed by atoms with Crippen LogP contribution in [-0.4, -0.2) is 114 Å². The number of carbonyl (C=O) groups is 3. The number of likely N-dealkylation sites (tertiary alicyclic amines) is 1. The molecule has 1 spiro atoms. The minimum absolute atomic E-state index is 0.00205. The average Bonchev–Trinajstić information content (AvgIpc) is 3.70. The van der Waals surface area contributed by atoms with Crippen LogP contribution >= 0.6 is 22.9 Å². The molecule has 2 saturated heterocycles. The molecule has 3 aliphatic rings. The highest BCUT2D eigenvalue weighted by Crippen LogP contribution is 2.40. The Hall–Kier alpha value is -3.75. The van der Waals surface area contributed by atoms with Crippen molar-refractivity contribution in [2.75, 3.05) is 71.0 Å². The van der Waals surface area contributed by atoms with E-state index in [1.165, 1.54) is 0 Å². The van der Waals surface area contributed by atoms with Crippen LogP contribution in [0.5, 0.6) is 11.5 Å². The molecule has 0 saturated carbocycles. The highest BCUT2D eigenvalue weighted by molar-refractivity contribution is 7.09. The zero-order valence-electron chi connectivity index (χ0n) is 33.5. The van der Waals surface area contributed by atoms with Crippen molar-refractivity contribution in [3.05, 3.63) is 68.1 Å². The van der Waals surface area contributed by atoms with Gasteiger partial charge in [-0.3, -0.25) is 19.3 Å². The van der Waals surface area contributed by atoms with E-state index in [1.54, 1.807) is 17.4 Å². The lowest BCUT2D eigenvalue weighted by atomic mass is 9.89. The number of amides is 3. The molecule has 3 aliphatic heterocycles. The first-order valence-corrected chi connectivity index (χ1v) is 21.9. The number of fused-ring (bicyclic) bond motifs is 1. The van der Waals surface area contributed by atoms with E-state index in [-0.39, 0.29) is 35.7 Å². The quantitative estimate of drug-likeness (QED) is 0.0980. The summed E-state index contributed by atoms with van der Waals surface area (Å²) in [4.78, 5) is 48.8. The summed E-state index contributed by atoms with van der Waals surface area (Å²) in [7, 11) is 0. The molecule has 0 radical (unpaired) electrons. The summed E-state index contributed by atoms with van der Waals surface area (Å²) >= 11 is 8.52. The van der Waals surface area contributed by atoms with Gasteiger partial charge in [0.2, 0.25) is 5.91 Å². The number of ether oxygens (including phenoxy) is 3. The predicted octanol–water partition coefficient (Wildman–Crippen LogP) is 6.89. The van der Waals surface area contributed by atoms with Gasteiger partial charge in [-0.2, -0.15) is 0 Å². The lowest BCUT2D eigenvalue weighted by molar-refractivity contribution is -0.132. The van der Waals surface area contributed by atoms with E-state index in [0.29, 0.717) is 76.0 Å². The first-order valence-electron chi connectivity index (χ1n) is 20.7. The first-order chi connectivity index (χ1) is 27.7. The van der Waals surface area contributed by atoms with Crippen molar-refractivity contribution < 1.29 is 33.7 Å². The Bertz CT molecular complexity index is 1830. The van der Waals surface area contributed by atoms with Gasteiger partial charge in [0.15, 0.2) is 12.4 Å². The molecule has 0 atom stereocenters. The standard InChI is InChI=1S/C43H58ClN5O7S/c1-3-5-13-37-45-34(29-57-37)42(53)49-23-26-56-43(30-49)18-21-47(22-19-43)27-33-12-9-11-31(39(33)44)16-24-54-25-17-38(52)48(4-2)20-8-6-7-10-32-14-15-35(50)40-41(32)55-28-36(51)46-40/h9,11-12,14-15,29,50H,3-8,10,13,16-28,30H2,1-2H3,(H,46,51). The number of aromatic nitrogens is 1. The molecule has 2 aromatic carbocycles. The van der Waals surface area contributed by atoms with E-state index < -0.39 is 0 Å². The second-order valence-corrected chi connectivity index (χ2v) is 16.7. The number of phenols is 1. The second kappa shape index (κ2) is 20.8. The Labute approximate surface area is 345 Å². The molecular weight excluding hydrogens is 766 g/mol. The molecule has 4 heterocycles. The number of hydrogen-bond acceptors (Lipinski definition) is 10. The zero-order chi connectivity index (χ0) is 40.2. The number of anilines is 1. The van der Waals surface area contributed by atoms with Crippen LogP contribution in [0.3, 0.4) is 0 Å². The molecule has 3 aromatic rings. The van der Waals surface area contributed by atoms with Crippen molar-refractivity contribution in [2.45, 2.75) is 96.6 Å².